The Kier molecular flexibility index (Phi) is 4.49. The lowest BCUT2D eigenvalue weighted by molar-refractivity contribution is 0.0769. The van der Waals surface area contributed by atoms with Gasteiger partial charge < -0.3 is 10.2 Å². The van der Waals surface area contributed by atoms with Gasteiger partial charge in [-0.2, -0.15) is 0 Å². The average Bonchev–Trinajstić information content (AvgIpc) is 2.91. The standard InChI is InChI=1S/C16H22F2N2O/c1-4-16(5-2)6-7-20(10-16)15(21)11-8-12(17)14(19-3)13(18)9-11/h8-9,19H,4-7,10H2,1-3H3. The van der Waals surface area contributed by atoms with Gasteiger partial charge >= 0.3 is 0 Å². The summed E-state index contributed by atoms with van der Waals surface area (Å²) in [7, 11) is 1.44. The van der Waals surface area contributed by atoms with Crippen molar-refractivity contribution >= 4 is 11.6 Å². The van der Waals surface area contributed by atoms with E-state index in [0.717, 1.165) is 31.4 Å². The molecule has 1 fully saturated rings. The largest absolute Gasteiger partial charge is 0.383 e. The molecule has 0 aliphatic carbocycles. The normalized spacial score (nSPS) is 17.1. The van der Waals surface area contributed by atoms with E-state index >= 15 is 0 Å². The van der Waals surface area contributed by atoms with E-state index in [1.165, 1.54) is 7.05 Å². The summed E-state index contributed by atoms with van der Waals surface area (Å²) < 4.78 is 27.5. The Hall–Kier alpha value is -1.65. The predicted molar refractivity (Wildman–Crippen MR) is 79.4 cm³/mol. The third-order valence-corrected chi connectivity index (χ3v) is 4.76. The number of carbonyl (C=O) groups is 1. The minimum absolute atomic E-state index is 0.0759. The molecular formula is C16H22F2N2O. The van der Waals surface area contributed by atoms with Crippen LogP contribution in [0, 0.1) is 17.0 Å². The molecule has 2 rings (SSSR count). The molecule has 0 radical (unpaired) electrons. The lowest BCUT2D eigenvalue weighted by Crippen LogP contribution is -2.32. The first-order valence-corrected chi connectivity index (χ1v) is 7.42. The zero-order valence-corrected chi connectivity index (χ0v) is 12.8. The van der Waals surface area contributed by atoms with Crippen LogP contribution >= 0.6 is 0 Å². The Morgan fingerprint density at radius 1 is 1.29 bits per heavy atom. The zero-order valence-electron chi connectivity index (χ0n) is 12.8. The molecule has 1 aromatic rings. The Labute approximate surface area is 124 Å². The van der Waals surface area contributed by atoms with Crippen molar-refractivity contribution in [3.63, 3.8) is 0 Å². The quantitative estimate of drug-likeness (QED) is 0.919. The van der Waals surface area contributed by atoms with Crippen molar-refractivity contribution < 1.29 is 13.6 Å². The lowest BCUT2D eigenvalue weighted by atomic mass is 9.82. The van der Waals surface area contributed by atoms with E-state index in [-0.39, 0.29) is 22.6 Å². The lowest BCUT2D eigenvalue weighted by Gasteiger charge is -2.26. The monoisotopic (exact) mass is 296 g/mol. The molecular weight excluding hydrogens is 274 g/mol. The van der Waals surface area contributed by atoms with Crippen LogP contribution < -0.4 is 5.32 Å². The van der Waals surface area contributed by atoms with E-state index in [1.807, 2.05) is 0 Å². The maximum atomic E-state index is 13.8. The molecule has 1 amide bonds. The van der Waals surface area contributed by atoms with Gasteiger partial charge in [-0.25, -0.2) is 8.78 Å². The average molecular weight is 296 g/mol. The fourth-order valence-corrected chi connectivity index (χ4v) is 3.05. The van der Waals surface area contributed by atoms with E-state index in [9.17, 15) is 13.6 Å². The number of amides is 1. The number of nitrogens with zero attached hydrogens (tertiary/aromatic N) is 1. The minimum atomic E-state index is -0.739. The smallest absolute Gasteiger partial charge is 0.254 e. The molecule has 3 nitrogen and oxygen atoms in total. The zero-order chi connectivity index (χ0) is 15.6. The molecule has 1 saturated heterocycles. The number of benzene rings is 1. The van der Waals surface area contributed by atoms with Crippen LogP contribution in [0.1, 0.15) is 43.5 Å². The van der Waals surface area contributed by atoms with E-state index in [2.05, 4.69) is 19.2 Å². The number of hydrogen-bond donors (Lipinski definition) is 1. The number of likely N-dealkylation sites (tertiary alicyclic amines) is 1. The van der Waals surface area contributed by atoms with E-state index < -0.39 is 11.6 Å². The molecule has 1 heterocycles. The fraction of sp³-hybridized carbons (Fsp3) is 0.562. The van der Waals surface area contributed by atoms with Crippen molar-refractivity contribution in [1.82, 2.24) is 4.90 Å². The van der Waals surface area contributed by atoms with Crippen LogP contribution in [0.15, 0.2) is 12.1 Å². The maximum absolute atomic E-state index is 13.8. The second kappa shape index (κ2) is 6.00. The summed E-state index contributed by atoms with van der Waals surface area (Å²) in [5, 5.41) is 2.46. The molecule has 0 saturated carbocycles. The van der Waals surface area contributed by atoms with Crippen LogP contribution in [0.4, 0.5) is 14.5 Å². The summed E-state index contributed by atoms with van der Waals surface area (Å²) in [6.45, 7) is 5.56. The van der Waals surface area contributed by atoms with Crippen LogP contribution in [0.25, 0.3) is 0 Å². The minimum Gasteiger partial charge on any atom is -0.383 e. The van der Waals surface area contributed by atoms with E-state index in [0.29, 0.717) is 13.1 Å². The molecule has 0 atom stereocenters. The summed E-state index contributed by atoms with van der Waals surface area (Å²) in [4.78, 5) is 14.2. The molecule has 116 valence electrons. The number of nitrogens with one attached hydrogen (secondary N) is 1. The first-order valence-electron chi connectivity index (χ1n) is 7.42. The van der Waals surface area contributed by atoms with Crippen molar-refractivity contribution in [3.8, 4) is 0 Å². The highest BCUT2D eigenvalue weighted by Crippen LogP contribution is 2.37. The summed E-state index contributed by atoms with van der Waals surface area (Å²) >= 11 is 0. The number of rotatable bonds is 4. The maximum Gasteiger partial charge on any atom is 0.254 e. The first kappa shape index (κ1) is 15.7. The first-order chi connectivity index (χ1) is 9.96. The van der Waals surface area contributed by atoms with Gasteiger partial charge in [-0.05, 0) is 36.8 Å². The van der Waals surface area contributed by atoms with Gasteiger partial charge in [0.2, 0.25) is 0 Å². The van der Waals surface area contributed by atoms with Gasteiger partial charge in [0.25, 0.3) is 5.91 Å². The molecule has 1 aliphatic heterocycles. The van der Waals surface area contributed by atoms with Crippen molar-refractivity contribution in [2.75, 3.05) is 25.5 Å². The van der Waals surface area contributed by atoms with Crippen LogP contribution in [0.3, 0.4) is 0 Å². The fourth-order valence-electron chi connectivity index (χ4n) is 3.05. The Balaban J connectivity index is 2.22. The number of anilines is 1. The van der Waals surface area contributed by atoms with Crippen LogP contribution in [-0.2, 0) is 0 Å². The molecule has 21 heavy (non-hydrogen) atoms. The van der Waals surface area contributed by atoms with Gasteiger partial charge in [0.05, 0.1) is 0 Å². The van der Waals surface area contributed by atoms with Crippen LogP contribution in [-0.4, -0.2) is 30.9 Å². The highest BCUT2D eigenvalue weighted by atomic mass is 19.1. The van der Waals surface area contributed by atoms with Crippen molar-refractivity contribution in [1.29, 1.82) is 0 Å². The third-order valence-electron chi connectivity index (χ3n) is 4.76. The second-order valence-electron chi connectivity index (χ2n) is 5.75. The van der Waals surface area contributed by atoms with Gasteiger partial charge in [-0.15, -0.1) is 0 Å². The van der Waals surface area contributed by atoms with Crippen LogP contribution in [0.5, 0.6) is 0 Å². The SMILES string of the molecule is CCC1(CC)CCN(C(=O)c2cc(F)c(NC)c(F)c2)C1. The summed E-state index contributed by atoms with van der Waals surface area (Å²) in [5.41, 5.74) is 0.0222. The highest BCUT2D eigenvalue weighted by Gasteiger charge is 2.37. The van der Waals surface area contributed by atoms with Gasteiger partial charge in [-0.1, -0.05) is 13.8 Å². The summed E-state index contributed by atoms with van der Waals surface area (Å²) in [6, 6.07) is 2.21. The molecule has 5 heteroatoms. The molecule has 0 bridgehead atoms. The molecule has 0 unspecified atom stereocenters. The molecule has 0 aromatic heterocycles. The third kappa shape index (κ3) is 2.87. The second-order valence-corrected chi connectivity index (χ2v) is 5.75. The Bertz CT molecular complexity index is 518. The molecule has 1 aromatic carbocycles. The summed E-state index contributed by atoms with van der Waals surface area (Å²) in [6.07, 6.45) is 2.97. The topological polar surface area (TPSA) is 32.3 Å². The Morgan fingerprint density at radius 3 is 2.29 bits per heavy atom. The van der Waals surface area contributed by atoms with E-state index in [4.69, 9.17) is 0 Å². The van der Waals surface area contributed by atoms with Gasteiger partial charge in [-0.3, -0.25) is 4.79 Å². The van der Waals surface area contributed by atoms with Crippen LogP contribution in [0.2, 0.25) is 0 Å². The van der Waals surface area contributed by atoms with Gasteiger partial charge in [0, 0.05) is 25.7 Å². The summed E-state index contributed by atoms with van der Waals surface area (Å²) in [5.74, 6) is -1.77. The number of halogens is 2. The Morgan fingerprint density at radius 2 is 1.86 bits per heavy atom. The number of carbonyl (C=O) groups excluding carboxylic acids is 1. The number of hydrogen-bond acceptors (Lipinski definition) is 2. The predicted octanol–water partition coefficient (Wildman–Crippen LogP) is 3.66. The van der Waals surface area contributed by atoms with Crippen molar-refractivity contribution in [2.45, 2.75) is 33.1 Å². The van der Waals surface area contributed by atoms with Gasteiger partial charge in [0.15, 0.2) is 0 Å². The molecule has 0 spiro atoms. The molecule has 1 N–H and O–H groups in total. The van der Waals surface area contributed by atoms with Crippen molar-refractivity contribution in [3.05, 3.63) is 29.3 Å². The highest BCUT2D eigenvalue weighted by molar-refractivity contribution is 5.95. The van der Waals surface area contributed by atoms with E-state index in [1.54, 1.807) is 4.90 Å². The van der Waals surface area contributed by atoms with Gasteiger partial charge in [0.1, 0.15) is 17.3 Å². The molecule has 1 aliphatic rings. The van der Waals surface area contributed by atoms with Crippen molar-refractivity contribution in [2.24, 2.45) is 5.41 Å².